The first kappa shape index (κ1) is 20.2. The van der Waals surface area contributed by atoms with Crippen molar-refractivity contribution >= 4 is 52.7 Å². The van der Waals surface area contributed by atoms with Gasteiger partial charge in [-0.2, -0.15) is 11.8 Å². The van der Waals surface area contributed by atoms with Crippen LogP contribution in [0.1, 0.15) is 25.2 Å². The van der Waals surface area contributed by atoms with Gasteiger partial charge in [0.25, 0.3) is 0 Å². The number of halogens is 1. The summed E-state index contributed by atoms with van der Waals surface area (Å²) in [6.45, 7) is 7.99. The zero-order valence-electron chi connectivity index (χ0n) is 14.4. The van der Waals surface area contributed by atoms with E-state index in [1.165, 1.54) is 10.9 Å². The van der Waals surface area contributed by atoms with Gasteiger partial charge in [0.1, 0.15) is 11.3 Å². The van der Waals surface area contributed by atoms with Crippen LogP contribution in [0.25, 0.3) is 11.0 Å². The number of aryl methyl sites for hydroxylation is 1. The van der Waals surface area contributed by atoms with E-state index in [9.17, 15) is 0 Å². The monoisotopic (exact) mass is 447 g/mol. The lowest BCUT2D eigenvalue weighted by atomic mass is 10.1. The summed E-state index contributed by atoms with van der Waals surface area (Å²) in [5.74, 6) is 1.75. The lowest BCUT2D eigenvalue weighted by molar-refractivity contribution is 0.533. The molecular formula is C17H26IN3OS. The molecule has 0 spiro atoms. The summed E-state index contributed by atoms with van der Waals surface area (Å²) in [5.41, 5.74) is 2.12. The van der Waals surface area contributed by atoms with Crippen LogP contribution in [-0.4, -0.2) is 30.6 Å². The summed E-state index contributed by atoms with van der Waals surface area (Å²) in [7, 11) is 1.78. The number of guanidine groups is 1. The highest BCUT2D eigenvalue weighted by molar-refractivity contribution is 14.0. The van der Waals surface area contributed by atoms with Crippen LogP contribution in [0, 0.1) is 6.92 Å². The highest BCUT2D eigenvalue weighted by Gasteiger charge is 2.16. The van der Waals surface area contributed by atoms with E-state index < -0.39 is 0 Å². The van der Waals surface area contributed by atoms with E-state index >= 15 is 0 Å². The maximum Gasteiger partial charge on any atom is 0.191 e. The van der Waals surface area contributed by atoms with Gasteiger partial charge in [0.05, 0.1) is 6.54 Å². The number of nitrogens with zero attached hydrogens (tertiary/aromatic N) is 1. The summed E-state index contributed by atoms with van der Waals surface area (Å²) in [6.07, 6.45) is 2.12. The Morgan fingerprint density at radius 1 is 1.26 bits per heavy atom. The van der Waals surface area contributed by atoms with Crippen molar-refractivity contribution in [3.8, 4) is 0 Å². The summed E-state index contributed by atoms with van der Waals surface area (Å²) in [5, 5.41) is 7.85. The Balaban J connectivity index is 0.00000264. The standard InChI is InChI=1S/C17H25N3OS.HI/c1-12-13-8-6-7-9-14(13)21-15(12)10-19-16(18-4)20-11-17(2,3)22-5;/h6-9H,10-11H2,1-5H3,(H2,18,19,20);1H. The first-order valence-electron chi connectivity index (χ1n) is 7.43. The van der Waals surface area contributed by atoms with Crippen molar-refractivity contribution in [3.63, 3.8) is 0 Å². The molecule has 0 radical (unpaired) electrons. The average Bonchev–Trinajstić information content (AvgIpc) is 2.84. The van der Waals surface area contributed by atoms with Crippen molar-refractivity contribution in [1.82, 2.24) is 10.6 Å². The largest absolute Gasteiger partial charge is 0.459 e. The number of hydrogen-bond donors (Lipinski definition) is 2. The molecular weight excluding hydrogens is 421 g/mol. The predicted molar refractivity (Wildman–Crippen MR) is 112 cm³/mol. The number of para-hydroxylation sites is 1. The minimum Gasteiger partial charge on any atom is -0.459 e. The van der Waals surface area contributed by atoms with Gasteiger partial charge in [-0.25, -0.2) is 0 Å². The van der Waals surface area contributed by atoms with Crippen LogP contribution in [0.4, 0.5) is 0 Å². The first-order valence-corrected chi connectivity index (χ1v) is 8.66. The maximum absolute atomic E-state index is 5.91. The third-order valence-corrected chi connectivity index (χ3v) is 5.07. The Bertz CT molecular complexity index is 667. The molecule has 0 aliphatic carbocycles. The Kier molecular flexibility index (Phi) is 7.73. The summed E-state index contributed by atoms with van der Waals surface area (Å²) >= 11 is 1.84. The fraction of sp³-hybridized carbons (Fsp3) is 0.471. The number of rotatable bonds is 5. The Morgan fingerprint density at radius 3 is 2.57 bits per heavy atom. The highest BCUT2D eigenvalue weighted by atomic mass is 127. The normalized spacial score (nSPS) is 12.1. The number of benzene rings is 1. The Morgan fingerprint density at radius 2 is 1.96 bits per heavy atom. The minimum atomic E-state index is 0. The molecule has 1 aromatic heterocycles. The Labute approximate surface area is 159 Å². The van der Waals surface area contributed by atoms with Crippen LogP contribution < -0.4 is 10.6 Å². The SMILES string of the molecule is CN=C(NCc1oc2ccccc2c1C)NCC(C)(C)SC.I. The van der Waals surface area contributed by atoms with E-state index in [1.54, 1.807) is 7.05 Å². The fourth-order valence-electron chi connectivity index (χ4n) is 2.15. The van der Waals surface area contributed by atoms with E-state index in [1.807, 2.05) is 30.0 Å². The number of nitrogens with one attached hydrogen (secondary N) is 2. The van der Waals surface area contributed by atoms with Gasteiger partial charge >= 0.3 is 0 Å². The molecule has 2 N–H and O–H groups in total. The average molecular weight is 447 g/mol. The van der Waals surface area contributed by atoms with Crippen LogP contribution in [-0.2, 0) is 6.54 Å². The minimum absolute atomic E-state index is 0. The summed E-state index contributed by atoms with van der Waals surface area (Å²) in [4.78, 5) is 4.27. The van der Waals surface area contributed by atoms with Crippen LogP contribution >= 0.6 is 35.7 Å². The van der Waals surface area contributed by atoms with Crippen molar-refractivity contribution < 1.29 is 4.42 Å². The van der Waals surface area contributed by atoms with E-state index in [-0.39, 0.29) is 28.7 Å². The van der Waals surface area contributed by atoms with E-state index in [2.05, 4.69) is 48.7 Å². The third kappa shape index (κ3) is 5.31. The highest BCUT2D eigenvalue weighted by Crippen LogP contribution is 2.24. The van der Waals surface area contributed by atoms with E-state index in [0.29, 0.717) is 6.54 Å². The lowest BCUT2D eigenvalue weighted by Crippen LogP contribution is -2.43. The second-order valence-electron chi connectivity index (χ2n) is 5.89. The molecule has 2 aromatic rings. The van der Waals surface area contributed by atoms with E-state index in [0.717, 1.165) is 23.8 Å². The molecule has 128 valence electrons. The zero-order chi connectivity index (χ0) is 16.2. The maximum atomic E-state index is 5.91. The number of furan rings is 1. The van der Waals surface area contributed by atoms with Gasteiger partial charge in [-0.15, -0.1) is 24.0 Å². The topological polar surface area (TPSA) is 49.6 Å². The molecule has 0 fully saturated rings. The molecule has 0 saturated heterocycles. The summed E-state index contributed by atoms with van der Waals surface area (Å²) < 4.78 is 6.08. The number of fused-ring (bicyclic) bond motifs is 1. The van der Waals surface area contributed by atoms with E-state index in [4.69, 9.17) is 4.42 Å². The van der Waals surface area contributed by atoms with Gasteiger partial charge in [0.2, 0.25) is 0 Å². The van der Waals surface area contributed by atoms with Crippen molar-refractivity contribution in [2.24, 2.45) is 4.99 Å². The first-order chi connectivity index (χ1) is 10.5. The number of hydrogen-bond acceptors (Lipinski definition) is 3. The molecule has 6 heteroatoms. The van der Waals surface area contributed by atoms with Crippen molar-refractivity contribution in [1.29, 1.82) is 0 Å². The molecule has 0 bridgehead atoms. The van der Waals surface area contributed by atoms with Gasteiger partial charge in [0, 0.05) is 29.3 Å². The fourth-order valence-corrected chi connectivity index (χ4v) is 2.36. The van der Waals surface area contributed by atoms with Crippen molar-refractivity contribution in [2.75, 3.05) is 19.8 Å². The molecule has 2 rings (SSSR count). The molecule has 0 atom stereocenters. The number of aliphatic imine (C=N–C) groups is 1. The van der Waals surface area contributed by atoms with Gasteiger partial charge in [-0.05, 0) is 33.1 Å². The van der Waals surface area contributed by atoms with Crippen LogP contribution in [0.2, 0.25) is 0 Å². The molecule has 0 aliphatic rings. The second-order valence-corrected chi connectivity index (χ2v) is 7.40. The second kappa shape index (κ2) is 8.82. The molecule has 0 unspecified atom stereocenters. The summed E-state index contributed by atoms with van der Waals surface area (Å²) in [6, 6.07) is 8.12. The van der Waals surface area contributed by atoms with Crippen LogP contribution in [0.5, 0.6) is 0 Å². The zero-order valence-corrected chi connectivity index (χ0v) is 17.5. The molecule has 0 saturated carbocycles. The van der Waals surface area contributed by atoms with Gasteiger partial charge < -0.3 is 15.1 Å². The van der Waals surface area contributed by atoms with Crippen LogP contribution in [0.3, 0.4) is 0 Å². The van der Waals surface area contributed by atoms with Gasteiger partial charge in [-0.3, -0.25) is 4.99 Å². The molecule has 1 aromatic carbocycles. The quantitative estimate of drug-likeness (QED) is 0.411. The van der Waals surface area contributed by atoms with Gasteiger partial charge in [-0.1, -0.05) is 18.2 Å². The molecule has 23 heavy (non-hydrogen) atoms. The molecule has 1 heterocycles. The number of thioether (sulfide) groups is 1. The lowest BCUT2D eigenvalue weighted by Gasteiger charge is -2.23. The molecule has 0 amide bonds. The van der Waals surface area contributed by atoms with Crippen molar-refractivity contribution in [2.45, 2.75) is 32.1 Å². The van der Waals surface area contributed by atoms with Crippen LogP contribution in [0.15, 0.2) is 33.7 Å². The van der Waals surface area contributed by atoms with Gasteiger partial charge in [0.15, 0.2) is 5.96 Å². The van der Waals surface area contributed by atoms with Crippen molar-refractivity contribution in [3.05, 3.63) is 35.6 Å². The third-order valence-electron chi connectivity index (χ3n) is 3.82. The Hall–Kier alpha value is -0.890. The smallest absolute Gasteiger partial charge is 0.191 e. The molecule has 4 nitrogen and oxygen atoms in total. The predicted octanol–water partition coefficient (Wildman–Crippen LogP) is 4.17. The molecule has 0 aliphatic heterocycles.